The number of hydrogen-bond acceptors (Lipinski definition) is 3. The van der Waals surface area contributed by atoms with Crippen molar-refractivity contribution in [2.24, 2.45) is 5.73 Å². The predicted molar refractivity (Wildman–Crippen MR) is 76.2 cm³/mol. The Morgan fingerprint density at radius 2 is 2.05 bits per heavy atom. The van der Waals surface area contributed by atoms with Gasteiger partial charge in [0.2, 0.25) is 6.79 Å². The zero-order valence-corrected chi connectivity index (χ0v) is 12.1. The van der Waals surface area contributed by atoms with Crippen molar-refractivity contribution in [3.63, 3.8) is 0 Å². The van der Waals surface area contributed by atoms with Crippen LogP contribution in [0.1, 0.15) is 43.7 Å². The number of ether oxygens (including phenoxy) is 2. The van der Waals surface area contributed by atoms with Gasteiger partial charge in [0, 0.05) is 28.6 Å². The Morgan fingerprint density at radius 1 is 1.32 bits per heavy atom. The first-order chi connectivity index (χ1) is 9.22. The third-order valence-corrected chi connectivity index (χ3v) is 4.85. The van der Waals surface area contributed by atoms with E-state index in [0.29, 0.717) is 6.54 Å². The minimum absolute atomic E-state index is 0.0312. The van der Waals surface area contributed by atoms with Gasteiger partial charge in [0.15, 0.2) is 11.5 Å². The van der Waals surface area contributed by atoms with Crippen molar-refractivity contribution in [1.82, 2.24) is 0 Å². The zero-order chi connectivity index (χ0) is 13.5. The summed E-state index contributed by atoms with van der Waals surface area (Å²) in [5.74, 6) is 1.65. The summed E-state index contributed by atoms with van der Waals surface area (Å²) in [5, 5.41) is 0.786. The summed E-state index contributed by atoms with van der Waals surface area (Å²) in [5.41, 5.74) is 8.54. The average molecular weight is 282 g/mol. The van der Waals surface area contributed by atoms with Gasteiger partial charge in [-0.25, -0.2) is 0 Å². The Labute approximate surface area is 119 Å². The fourth-order valence-electron chi connectivity index (χ4n) is 3.60. The van der Waals surface area contributed by atoms with Gasteiger partial charge < -0.3 is 15.2 Å². The molecule has 0 radical (unpaired) electrons. The van der Waals surface area contributed by atoms with Crippen molar-refractivity contribution in [3.8, 4) is 11.5 Å². The fraction of sp³-hybridized carbons (Fsp3) is 0.600. The molecule has 2 N–H and O–H groups in total. The van der Waals surface area contributed by atoms with E-state index in [-0.39, 0.29) is 12.2 Å². The minimum Gasteiger partial charge on any atom is -0.454 e. The summed E-state index contributed by atoms with van der Waals surface area (Å²) in [4.78, 5) is 0. The summed E-state index contributed by atoms with van der Waals surface area (Å²) in [6, 6.07) is 1.90. The molecule has 4 heteroatoms. The quantitative estimate of drug-likeness (QED) is 0.923. The molecule has 1 heterocycles. The maximum absolute atomic E-state index is 6.55. The SMILES string of the molecule is CCc1c2c(cc(Cl)c1C1(CN)CCCC1)OCO2. The van der Waals surface area contributed by atoms with Crippen LogP contribution in [0.4, 0.5) is 0 Å². The molecule has 0 aromatic heterocycles. The molecule has 1 aliphatic carbocycles. The molecular weight excluding hydrogens is 262 g/mol. The number of fused-ring (bicyclic) bond motifs is 1. The second kappa shape index (κ2) is 4.88. The molecule has 0 atom stereocenters. The van der Waals surface area contributed by atoms with E-state index in [1.54, 1.807) is 0 Å². The van der Waals surface area contributed by atoms with Crippen LogP contribution in [-0.4, -0.2) is 13.3 Å². The van der Waals surface area contributed by atoms with Gasteiger partial charge in [-0.05, 0) is 24.8 Å². The first-order valence-corrected chi connectivity index (χ1v) is 7.41. The van der Waals surface area contributed by atoms with Gasteiger partial charge in [0.25, 0.3) is 0 Å². The number of hydrogen-bond donors (Lipinski definition) is 1. The van der Waals surface area contributed by atoms with Crippen LogP contribution in [0.25, 0.3) is 0 Å². The van der Waals surface area contributed by atoms with Gasteiger partial charge in [-0.2, -0.15) is 0 Å². The second-order valence-corrected chi connectivity index (χ2v) is 5.90. The summed E-state index contributed by atoms with van der Waals surface area (Å²) >= 11 is 6.55. The van der Waals surface area contributed by atoms with Crippen molar-refractivity contribution in [2.45, 2.75) is 44.4 Å². The van der Waals surface area contributed by atoms with E-state index in [1.165, 1.54) is 24.0 Å². The van der Waals surface area contributed by atoms with Gasteiger partial charge in [0.1, 0.15) is 0 Å². The number of halogens is 1. The lowest BCUT2D eigenvalue weighted by Gasteiger charge is -2.31. The zero-order valence-electron chi connectivity index (χ0n) is 11.3. The van der Waals surface area contributed by atoms with E-state index in [2.05, 4.69) is 6.92 Å². The number of nitrogens with two attached hydrogens (primary N) is 1. The van der Waals surface area contributed by atoms with Crippen molar-refractivity contribution < 1.29 is 9.47 Å². The highest BCUT2D eigenvalue weighted by Gasteiger charge is 2.39. The molecule has 0 unspecified atom stereocenters. The minimum atomic E-state index is 0.0312. The van der Waals surface area contributed by atoms with Crippen LogP contribution in [0, 0.1) is 0 Å². The van der Waals surface area contributed by atoms with E-state index in [4.69, 9.17) is 26.8 Å². The maximum Gasteiger partial charge on any atom is 0.231 e. The van der Waals surface area contributed by atoms with Crippen molar-refractivity contribution in [2.75, 3.05) is 13.3 Å². The van der Waals surface area contributed by atoms with Crippen LogP contribution in [0.3, 0.4) is 0 Å². The fourth-order valence-corrected chi connectivity index (χ4v) is 4.01. The lowest BCUT2D eigenvalue weighted by Crippen LogP contribution is -2.33. The Hall–Kier alpha value is -0.930. The van der Waals surface area contributed by atoms with Gasteiger partial charge in [0.05, 0.1) is 0 Å². The molecule has 19 heavy (non-hydrogen) atoms. The maximum atomic E-state index is 6.55. The topological polar surface area (TPSA) is 44.5 Å². The molecule has 0 bridgehead atoms. The highest BCUT2D eigenvalue weighted by Crippen LogP contribution is 2.50. The first kappa shape index (κ1) is 13.1. The van der Waals surface area contributed by atoms with Crippen molar-refractivity contribution in [1.29, 1.82) is 0 Å². The van der Waals surface area contributed by atoms with E-state index >= 15 is 0 Å². The highest BCUT2D eigenvalue weighted by atomic mass is 35.5. The molecule has 1 saturated carbocycles. The third-order valence-electron chi connectivity index (χ3n) is 4.55. The van der Waals surface area contributed by atoms with Crippen LogP contribution >= 0.6 is 11.6 Å². The summed E-state index contributed by atoms with van der Waals surface area (Å²) in [6.45, 7) is 3.08. The number of rotatable bonds is 3. The Bertz CT molecular complexity index is 495. The lowest BCUT2D eigenvalue weighted by molar-refractivity contribution is 0.173. The second-order valence-electron chi connectivity index (χ2n) is 5.49. The standard InChI is InChI=1S/C15H20ClNO2/c1-2-10-13(15(8-17)5-3-4-6-15)11(16)7-12-14(10)19-9-18-12/h7H,2-6,8-9,17H2,1H3. The molecule has 104 valence electrons. The largest absolute Gasteiger partial charge is 0.454 e. The van der Waals surface area contributed by atoms with Gasteiger partial charge in [-0.1, -0.05) is 31.4 Å². The Kier molecular flexibility index (Phi) is 3.35. The number of benzene rings is 1. The molecule has 1 fully saturated rings. The van der Waals surface area contributed by atoms with E-state index in [1.807, 2.05) is 6.07 Å². The molecule has 1 aromatic rings. The average Bonchev–Trinajstić information content (AvgIpc) is 3.05. The van der Waals surface area contributed by atoms with Crippen LogP contribution in [0.2, 0.25) is 5.02 Å². The summed E-state index contributed by atoms with van der Waals surface area (Å²) in [6.07, 6.45) is 5.59. The normalized spacial score (nSPS) is 19.9. The van der Waals surface area contributed by atoms with E-state index in [0.717, 1.165) is 35.8 Å². The molecule has 1 aromatic carbocycles. The van der Waals surface area contributed by atoms with E-state index < -0.39 is 0 Å². The van der Waals surface area contributed by atoms with Gasteiger partial charge >= 0.3 is 0 Å². The Morgan fingerprint density at radius 3 is 2.68 bits per heavy atom. The van der Waals surface area contributed by atoms with Crippen LogP contribution < -0.4 is 15.2 Å². The van der Waals surface area contributed by atoms with Crippen molar-refractivity contribution >= 4 is 11.6 Å². The molecule has 1 aliphatic heterocycles. The summed E-state index contributed by atoms with van der Waals surface area (Å²) in [7, 11) is 0. The predicted octanol–water partition coefficient (Wildman–Crippen LogP) is 3.40. The highest BCUT2D eigenvalue weighted by molar-refractivity contribution is 6.32. The van der Waals surface area contributed by atoms with Gasteiger partial charge in [-0.15, -0.1) is 0 Å². The smallest absolute Gasteiger partial charge is 0.231 e. The third kappa shape index (κ3) is 1.91. The van der Waals surface area contributed by atoms with Crippen molar-refractivity contribution in [3.05, 3.63) is 22.2 Å². The first-order valence-electron chi connectivity index (χ1n) is 7.03. The molecule has 3 rings (SSSR count). The molecule has 0 amide bonds. The van der Waals surface area contributed by atoms with E-state index in [9.17, 15) is 0 Å². The van der Waals surface area contributed by atoms with Gasteiger partial charge in [-0.3, -0.25) is 0 Å². The molecule has 3 nitrogen and oxygen atoms in total. The molecular formula is C15H20ClNO2. The Balaban J connectivity index is 2.20. The van der Waals surface area contributed by atoms with Crippen LogP contribution in [0.5, 0.6) is 11.5 Å². The molecule has 0 saturated heterocycles. The monoisotopic (exact) mass is 281 g/mol. The summed E-state index contributed by atoms with van der Waals surface area (Å²) < 4.78 is 11.1. The molecule has 0 spiro atoms. The van der Waals surface area contributed by atoms with Crippen LogP contribution in [0.15, 0.2) is 6.07 Å². The lowest BCUT2D eigenvalue weighted by atomic mass is 9.76. The molecule has 2 aliphatic rings. The van der Waals surface area contributed by atoms with Crippen LogP contribution in [-0.2, 0) is 11.8 Å².